The molecule has 1 aromatic rings. The van der Waals surface area contributed by atoms with Gasteiger partial charge in [0.05, 0.1) is 31.0 Å². The van der Waals surface area contributed by atoms with Gasteiger partial charge in [0.2, 0.25) is 5.91 Å². The van der Waals surface area contributed by atoms with E-state index < -0.39 is 0 Å². The van der Waals surface area contributed by atoms with E-state index in [1.165, 1.54) is 12.0 Å². The number of anilines is 1. The second kappa shape index (κ2) is 5.75. The number of hydrogen-bond acceptors (Lipinski definition) is 4. The van der Waals surface area contributed by atoms with Gasteiger partial charge in [0.25, 0.3) is 0 Å². The van der Waals surface area contributed by atoms with Crippen molar-refractivity contribution < 1.29 is 9.53 Å². The van der Waals surface area contributed by atoms with Crippen molar-refractivity contribution in [3.63, 3.8) is 0 Å². The van der Waals surface area contributed by atoms with Gasteiger partial charge in [-0.3, -0.25) is 4.79 Å². The molecule has 0 bridgehead atoms. The van der Waals surface area contributed by atoms with E-state index in [0.717, 1.165) is 0 Å². The Balaban J connectivity index is 2.78. The number of carbonyl (C=O) groups is 1. The number of nitriles is 1. The Morgan fingerprint density at radius 1 is 1.53 bits per heavy atom. The number of rotatable bonds is 4. The molecule has 1 amide bonds. The number of nitrogens with zero attached hydrogens (tertiary/aromatic N) is 2. The predicted octanol–water partition coefficient (Wildman–Crippen LogP) is 1.07. The number of methoxy groups -OCH3 is 1. The summed E-state index contributed by atoms with van der Waals surface area (Å²) in [6.07, 6.45) is 0. The summed E-state index contributed by atoms with van der Waals surface area (Å²) in [6.45, 7) is 0.190. The van der Waals surface area contributed by atoms with Crippen LogP contribution in [0.3, 0.4) is 0 Å². The largest absolute Gasteiger partial charge is 0.495 e. The highest BCUT2D eigenvalue weighted by Crippen LogP contribution is 2.24. The number of likely N-dealkylation sites (N-methyl/N-ethyl adjacent to an activating group) is 1. The Kier molecular flexibility index (Phi) is 4.35. The third kappa shape index (κ3) is 3.38. The number of amides is 1. The van der Waals surface area contributed by atoms with E-state index in [2.05, 4.69) is 5.32 Å². The number of nitrogens with one attached hydrogen (secondary N) is 1. The Hall–Kier alpha value is -2.22. The number of ether oxygens (including phenoxy) is 1. The monoisotopic (exact) mass is 233 g/mol. The first kappa shape index (κ1) is 12.8. The van der Waals surface area contributed by atoms with Crippen LogP contribution >= 0.6 is 0 Å². The molecule has 0 fully saturated rings. The molecule has 0 saturated carbocycles. The van der Waals surface area contributed by atoms with Gasteiger partial charge in [-0.05, 0) is 12.1 Å². The van der Waals surface area contributed by atoms with Gasteiger partial charge in [-0.2, -0.15) is 5.26 Å². The van der Waals surface area contributed by atoms with Gasteiger partial charge in [-0.15, -0.1) is 0 Å². The second-order valence-electron chi connectivity index (χ2n) is 3.67. The quantitative estimate of drug-likeness (QED) is 0.844. The molecule has 0 unspecified atom stereocenters. The van der Waals surface area contributed by atoms with Crippen molar-refractivity contribution in [3.8, 4) is 11.8 Å². The van der Waals surface area contributed by atoms with Crippen LogP contribution in [-0.4, -0.2) is 38.6 Å². The average Bonchev–Trinajstić information content (AvgIpc) is 2.35. The molecule has 0 saturated heterocycles. The lowest BCUT2D eigenvalue weighted by Crippen LogP contribution is -2.28. The molecule has 0 aliphatic rings. The van der Waals surface area contributed by atoms with E-state index in [-0.39, 0.29) is 12.5 Å². The van der Waals surface area contributed by atoms with Gasteiger partial charge in [-0.1, -0.05) is 0 Å². The molecule has 0 aliphatic carbocycles. The Morgan fingerprint density at radius 3 is 2.76 bits per heavy atom. The zero-order valence-corrected chi connectivity index (χ0v) is 10.2. The van der Waals surface area contributed by atoms with E-state index >= 15 is 0 Å². The molecular weight excluding hydrogens is 218 g/mol. The van der Waals surface area contributed by atoms with Crippen molar-refractivity contribution in [1.82, 2.24) is 4.90 Å². The third-order valence-electron chi connectivity index (χ3n) is 2.26. The summed E-state index contributed by atoms with van der Waals surface area (Å²) in [5, 5.41) is 11.7. The van der Waals surface area contributed by atoms with Crippen LogP contribution in [0.25, 0.3) is 0 Å². The number of hydrogen-bond donors (Lipinski definition) is 1. The number of benzene rings is 1. The van der Waals surface area contributed by atoms with Gasteiger partial charge in [-0.25, -0.2) is 0 Å². The normalized spacial score (nSPS) is 9.29. The summed E-state index contributed by atoms with van der Waals surface area (Å²) in [5.74, 6) is 0.520. The van der Waals surface area contributed by atoms with Crippen molar-refractivity contribution >= 4 is 11.6 Å². The van der Waals surface area contributed by atoms with E-state index in [0.29, 0.717) is 17.0 Å². The minimum Gasteiger partial charge on any atom is -0.495 e. The smallest absolute Gasteiger partial charge is 0.241 e. The van der Waals surface area contributed by atoms with Crippen LogP contribution in [0, 0.1) is 11.3 Å². The van der Waals surface area contributed by atoms with Crippen molar-refractivity contribution in [2.45, 2.75) is 0 Å². The lowest BCUT2D eigenvalue weighted by molar-refractivity contribution is -0.126. The molecule has 5 nitrogen and oxygen atoms in total. The molecule has 0 heterocycles. The van der Waals surface area contributed by atoms with Gasteiger partial charge in [0, 0.05) is 20.2 Å². The Bertz CT molecular complexity index is 450. The third-order valence-corrected chi connectivity index (χ3v) is 2.26. The molecule has 0 aromatic heterocycles. The molecule has 0 radical (unpaired) electrons. The molecule has 1 aromatic carbocycles. The molecule has 1 N–H and O–H groups in total. The highest BCUT2D eigenvalue weighted by Gasteiger charge is 2.07. The zero-order valence-electron chi connectivity index (χ0n) is 10.2. The summed E-state index contributed by atoms with van der Waals surface area (Å²) in [7, 11) is 4.91. The molecule has 1 rings (SSSR count). The lowest BCUT2D eigenvalue weighted by Gasteiger charge is -2.14. The van der Waals surface area contributed by atoms with Gasteiger partial charge >= 0.3 is 0 Å². The first-order chi connectivity index (χ1) is 8.08. The van der Waals surface area contributed by atoms with Crippen molar-refractivity contribution in [1.29, 1.82) is 5.26 Å². The maximum atomic E-state index is 11.4. The molecule has 5 heteroatoms. The van der Waals surface area contributed by atoms with E-state index in [1.807, 2.05) is 6.07 Å². The lowest BCUT2D eigenvalue weighted by atomic mass is 10.2. The molecule has 0 spiro atoms. The fourth-order valence-electron chi connectivity index (χ4n) is 1.24. The first-order valence-electron chi connectivity index (χ1n) is 5.10. The highest BCUT2D eigenvalue weighted by atomic mass is 16.5. The van der Waals surface area contributed by atoms with Crippen LogP contribution in [-0.2, 0) is 4.79 Å². The first-order valence-corrected chi connectivity index (χ1v) is 5.10. The van der Waals surface area contributed by atoms with Crippen LogP contribution in [0.5, 0.6) is 5.75 Å². The standard InChI is InChI=1S/C12H15N3O2/c1-15(2)12(16)8-14-10-5-4-9(7-13)6-11(10)17-3/h4-6,14H,8H2,1-3H3. The predicted molar refractivity (Wildman–Crippen MR) is 64.9 cm³/mol. The van der Waals surface area contributed by atoms with Crippen LogP contribution < -0.4 is 10.1 Å². The maximum absolute atomic E-state index is 11.4. The number of carbonyl (C=O) groups excluding carboxylic acids is 1. The molecular formula is C12H15N3O2. The van der Waals surface area contributed by atoms with Crippen LogP contribution in [0.1, 0.15) is 5.56 Å². The minimum atomic E-state index is -0.0311. The van der Waals surface area contributed by atoms with E-state index in [4.69, 9.17) is 10.00 Å². The van der Waals surface area contributed by atoms with Gasteiger partial charge < -0.3 is 15.0 Å². The van der Waals surface area contributed by atoms with Crippen molar-refractivity contribution in [2.24, 2.45) is 0 Å². The summed E-state index contributed by atoms with van der Waals surface area (Å²) >= 11 is 0. The van der Waals surface area contributed by atoms with Gasteiger partial charge in [0.1, 0.15) is 5.75 Å². The topological polar surface area (TPSA) is 65.4 Å². The fourth-order valence-corrected chi connectivity index (χ4v) is 1.24. The summed E-state index contributed by atoms with van der Waals surface area (Å²) < 4.78 is 5.14. The second-order valence-corrected chi connectivity index (χ2v) is 3.67. The van der Waals surface area contributed by atoms with E-state index in [9.17, 15) is 4.79 Å². The SMILES string of the molecule is COc1cc(C#N)ccc1NCC(=O)N(C)C. The fraction of sp³-hybridized carbons (Fsp3) is 0.333. The molecule has 17 heavy (non-hydrogen) atoms. The Labute approximate surface area is 101 Å². The summed E-state index contributed by atoms with van der Waals surface area (Å²) in [4.78, 5) is 12.9. The minimum absolute atomic E-state index is 0.0311. The maximum Gasteiger partial charge on any atom is 0.241 e. The van der Waals surface area contributed by atoms with Crippen LogP contribution in [0.4, 0.5) is 5.69 Å². The summed E-state index contributed by atoms with van der Waals surface area (Å²) in [6, 6.07) is 7.05. The van der Waals surface area contributed by atoms with E-state index in [1.54, 1.807) is 32.3 Å². The molecule has 90 valence electrons. The zero-order chi connectivity index (χ0) is 12.8. The molecule has 0 aliphatic heterocycles. The van der Waals surface area contributed by atoms with Crippen molar-refractivity contribution in [2.75, 3.05) is 33.1 Å². The molecule has 0 atom stereocenters. The van der Waals surface area contributed by atoms with Gasteiger partial charge in [0.15, 0.2) is 0 Å². The van der Waals surface area contributed by atoms with Crippen LogP contribution in [0.2, 0.25) is 0 Å². The van der Waals surface area contributed by atoms with Crippen LogP contribution in [0.15, 0.2) is 18.2 Å². The Morgan fingerprint density at radius 2 is 2.24 bits per heavy atom. The highest BCUT2D eigenvalue weighted by molar-refractivity contribution is 5.81. The average molecular weight is 233 g/mol. The summed E-state index contributed by atoms with van der Waals surface area (Å²) in [5.41, 5.74) is 1.22. The van der Waals surface area contributed by atoms with Crippen molar-refractivity contribution in [3.05, 3.63) is 23.8 Å².